The van der Waals surface area contributed by atoms with Gasteiger partial charge in [-0.3, -0.25) is 4.79 Å². The van der Waals surface area contributed by atoms with Crippen molar-refractivity contribution in [2.75, 3.05) is 32.8 Å². The van der Waals surface area contributed by atoms with Crippen molar-refractivity contribution in [3.63, 3.8) is 0 Å². The van der Waals surface area contributed by atoms with Crippen LogP contribution in [0.5, 0.6) is 0 Å². The van der Waals surface area contributed by atoms with E-state index in [1.165, 1.54) is 6.42 Å². The molecule has 1 amide bonds. The van der Waals surface area contributed by atoms with E-state index in [0.717, 1.165) is 45.5 Å². The van der Waals surface area contributed by atoms with Gasteiger partial charge in [-0.2, -0.15) is 0 Å². The summed E-state index contributed by atoms with van der Waals surface area (Å²) < 4.78 is 5.28. The van der Waals surface area contributed by atoms with Crippen LogP contribution in [0.25, 0.3) is 0 Å². The normalized spacial score (nSPS) is 26.4. The lowest BCUT2D eigenvalue weighted by Gasteiger charge is -2.33. The van der Waals surface area contributed by atoms with Crippen molar-refractivity contribution in [3.05, 3.63) is 0 Å². The smallest absolute Gasteiger partial charge is 0.228 e. The first-order valence-electron chi connectivity index (χ1n) is 6.91. The van der Waals surface area contributed by atoms with E-state index in [4.69, 9.17) is 4.74 Å². The summed E-state index contributed by atoms with van der Waals surface area (Å²) in [6, 6.07) is 0.610. The highest BCUT2D eigenvalue weighted by Crippen LogP contribution is 2.19. The molecule has 0 radical (unpaired) electrons. The Morgan fingerprint density at radius 3 is 2.71 bits per heavy atom. The fraction of sp³-hybridized carbons (Fsp3) is 0.923. The van der Waals surface area contributed by atoms with E-state index in [-0.39, 0.29) is 5.92 Å². The van der Waals surface area contributed by atoms with E-state index in [9.17, 15) is 4.79 Å². The van der Waals surface area contributed by atoms with Gasteiger partial charge in [-0.05, 0) is 32.2 Å². The second-order valence-electron chi connectivity index (χ2n) is 5.11. The maximum Gasteiger partial charge on any atom is 0.228 e. The van der Waals surface area contributed by atoms with Crippen LogP contribution in [0.2, 0.25) is 0 Å². The Bertz CT molecular complexity index is 244. The summed E-state index contributed by atoms with van der Waals surface area (Å²) >= 11 is 0. The molecule has 2 aliphatic rings. The number of carbonyl (C=O) groups is 1. The van der Waals surface area contributed by atoms with Crippen LogP contribution in [0.4, 0.5) is 0 Å². The van der Waals surface area contributed by atoms with Crippen molar-refractivity contribution in [3.8, 4) is 0 Å². The largest absolute Gasteiger partial charge is 0.381 e. The van der Waals surface area contributed by atoms with Crippen LogP contribution in [0.15, 0.2) is 0 Å². The summed E-state index contributed by atoms with van der Waals surface area (Å²) in [5, 5.41) is 3.54. The first kappa shape index (κ1) is 12.8. The molecule has 1 atom stereocenters. The zero-order chi connectivity index (χ0) is 12.1. The lowest BCUT2D eigenvalue weighted by Crippen LogP contribution is -2.47. The van der Waals surface area contributed by atoms with Crippen molar-refractivity contribution in [1.82, 2.24) is 10.2 Å². The van der Waals surface area contributed by atoms with E-state index in [0.29, 0.717) is 18.6 Å². The molecule has 1 N–H and O–H groups in total. The predicted molar refractivity (Wildman–Crippen MR) is 66.8 cm³/mol. The Labute approximate surface area is 104 Å². The molecule has 0 aromatic carbocycles. The van der Waals surface area contributed by atoms with Gasteiger partial charge in [-0.1, -0.05) is 6.92 Å². The number of piperidine rings is 1. The highest BCUT2D eigenvalue weighted by atomic mass is 16.5. The molecule has 0 aromatic rings. The highest BCUT2D eigenvalue weighted by molar-refractivity contribution is 5.79. The fourth-order valence-corrected chi connectivity index (χ4v) is 2.64. The van der Waals surface area contributed by atoms with Crippen molar-refractivity contribution >= 4 is 5.91 Å². The van der Waals surface area contributed by atoms with Gasteiger partial charge in [0, 0.05) is 25.7 Å². The lowest BCUT2D eigenvalue weighted by molar-refractivity contribution is -0.136. The Morgan fingerprint density at radius 1 is 1.35 bits per heavy atom. The number of nitrogens with one attached hydrogen (secondary N) is 1. The molecule has 0 spiro atoms. The van der Waals surface area contributed by atoms with Gasteiger partial charge in [0.25, 0.3) is 0 Å². The average Bonchev–Trinajstić information content (AvgIpc) is 2.90. The Hall–Kier alpha value is -0.610. The molecule has 4 nitrogen and oxygen atoms in total. The molecule has 2 heterocycles. The van der Waals surface area contributed by atoms with Crippen molar-refractivity contribution in [2.24, 2.45) is 5.92 Å². The average molecular weight is 240 g/mol. The number of rotatable bonds is 4. The zero-order valence-corrected chi connectivity index (χ0v) is 10.8. The molecular formula is C13H24N2O2. The van der Waals surface area contributed by atoms with E-state index in [1.807, 2.05) is 4.90 Å². The molecule has 0 saturated carbocycles. The van der Waals surface area contributed by atoms with Gasteiger partial charge in [0.2, 0.25) is 5.91 Å². The number of nitrogens with zero attached hydrogens (tertiary/aromatic N) is 1. The van der Waals surface area contributed by atoms with Gasteiger partial charge in [0.05, 0.1) is 12.5 Å². The molecule has 2 saturated heterocycles. The van der Waals surface area contributed by atoms with E-state index < -0.39 is 0 Å². The summed E-state index contributed by atoms with van der Waals surface area (Å²) in [5.74, 6) is 0.451. The Morgan fingerprint density at radius 2 is 2.12 bits per heavy atom. The molecule has 0 aliphatic carbocycles. The first-order chi connectivity index (χ1) is 8.31. The molecule has 4 heteroatoms. The van der Waals surface area contributed by atoms with Crippen LogP contribution >= 0.6 is 0 Å². The Kier molecular flexibility index (Phi) is 4.80. The standard InChI is InChI=1S/C13H24N2O2/c1-2-6-14-12-3-7-15(8-4-12)13(16)11-5-9-17-10-11/h11-12,14H,2-10H2,1H3. The molecule has 2 fully saturated rings. The molecule has 98 valence electrons. The first-order valence-corrected chi connectivity index (χ1v) is 6.91. The molecule has 2 rings (SSSR count). The number of carbonyl (C=O) groups excluding carboxylic acids is 1. The van der Waals surface area contributed by atoms with E-state index >= 15 is 0 Å². The van der Waals surface area contributed by atoms with Gasteiger partial charge < -0.3 is 15.0 Å². The van der Waals surface area contributed by atoms with Gasteiger partial charge in [-0.15, -0.1) is 0 Å². The van der Waals surface area contributed by atoms with Crippen LogP contribution in [-0.4, -0.2) is 49.7 Å². The second kappa shape index (κ2) is 6.36. The molecule has 0 bridgehead atoms. The summed E-state index contributed by atoms with van der Waals surface area (Å²) in [7, 11) is 0. The van der Waals surface area contributed by atoms with Crippen molar-refractivity contribution in [2.45, 2.75) is 38.6 Å². The lowest BCUT2D eigenvalue weighted by atomic mass is 10.0. The van der Waals surface area contributed by atoms with E-state index in [2.05, 4.69) is 12.2 Å². The Balaban J connectivity index is 1.72. The van der Waals surface area contributed by atoms with E-state index in [1.54, 1.807) is 0 Å². The number of hydrogen-bond acceptors (Lipinski definition) is 3. The molecule has 17 heavy (non-hydrogen) atoms. The third-order valence-electron chi connectivity index (χ3n) is 3.77. The number of hydrogen-bond donors (Lipinski definition) is 1. The number of likely N-dealkylation sites (tertiary alicyclic amines) is 1. The van der Waals surface area contributed by atoms with Gasteiger partial charge >= 0.3 is 0 Å². The summed E-state index contributed by atoms with van der Waals surface area (Å²) in [5.41, 5.74) is 0. The molecule has 1 unspecified atom stereocenters. The number of amides is 1. The van der Waals surface area contributed by atoms with Crippen molar-refractivity contribution < 1.29 is 9.53 Å². The van der Waals surface area contributed by atoms with Crippen LogP contribution in [-0.2, 0) is 9.53 Å². The number of ether oxygens (including phenoxy) is 1. The third-order valence-corrected chi connectivity index (χ3v) is 3.77. The maximum absolute atomic E-state index is 12.1. The topological polar surface area (TPSA) is 41.6 Å². The molecule has 2 aliphatic heterocycles. The highest BCUT2D eigenvalue weighted by Gasteiger charge is 2.30. The molecule has 0 aromatic heterocycles. The molecular weight excluding hydrogens is 216 g/mol. The predicted octanol–water partition coefficient (Wildman–Crippen LogP) is 1.01. The summed E-state index contributed by atoms with van der Waals surface area (Å²) in [4.78, 5) is 14.2. The van der Waals surface area contributed by atoms with Crippen LogP contribution in [0, 0.1) is 5.92 Å². The van der Waals surface area contributed by atoms with Gasteiger partial charge in [0.15, 0.2) is 0 Å². The zero-order valence-electron chi connectivity index (χ0n) is 10.8. The minimum absolute atomic E-state index is 0.134. The third kappa shape index (κ3) is 3.42. The maximum atomic E-state index is 12.1. The summed E-state index contributed by atoms with van der Waals surface area (Å²) in [6.45, 7) is 6.49. The summed E-state index contributed by atoms with van der Waals surface area (Å²) in [6.07, 6.45) is 4.28. The fourth-order valence-electron chi connectivity index (χ4n) is 2.64. The monoisotopic (exact) mass is 240 g/mol. The van der Waals surface area contributed by atoms with Crippen molar-refractivity contribution in [1.29, 1.82) is 0 Å². The van der Waals surface area contributed by atoms with Crippen LogP contribution in [0.3, 0.4) is 0 Å². The minimum Gasteiger partial charge on any atom is -0.381 e. The van der Waals surface area contributed by atoms with Crippen LogP contribution in [0.1, 0.15) is 32.6 Å². The van der Waals surface area contributed by atoms with Gasteiger partial charge in [0.1, 0.15) is 0 Å². The minimum atomic E-state index is 0.134. The van der Waals surface area contributed by atoms with Gasteiger partial charge in [-0.25, -0.2) is 0 Å². The quantitative estimate of drug-likeness (QED) is 0.797. The van der Waals surface area contributed by atoms with Crippen LogP contribution < -0.4 is 5.32 Å². The SMILES string of the molecule is CCCNC1CCN(C(=O)C2CCOC2)CC1. The second-order valence-corrected chi connectivity index (χ2v) is 5.11.